The Morgan fingerprint density at radius 2 is 1.50 bits per heavy atom. The molecule has 1 aromatic heterocycles. The molecule has 78 valence electrons. The Hall–Kier alpha value is -0.550. The summed E-state index contributed by atoms with van der Waals surface area (Å²) in [4.78, 5) is 4.12. The van der Waals surface area contributed by atoms with Crippen molar-refractivity contribution in [2.45, 2.75) is 0 Å². The van der Waals surface area contributed by atoms with Gasteiger partial charge in [-0.05, 0) is 6.07 Å². The molecule has 0 radical (unpaired) electrons. The lowest BCUT2D eigenvalue weighted by Crippen LogP contribution is -2.05. The quantitative estimate of drug-likeness (QED) is 0.562. The minimum atomic E-state index is 0.814. The van der Waals surface area contributed by atoms with E-state index in [1.165, 1.54) is 0 Å². The van der Waals surface area contributed by atoms with Crippen LogP contribution >= 0.6 is 25.3 Å². The molecule has 1 rings (SSSR count). The van der Waals surface area contributed by atoms with Crippen LogP contribution in [0.5, 0.6) is 0 Å². The Labute approximate surface area is 95.5 Å². The third kappa shape index (κ3) is 4.11. The molecule has 3 nitrogen and oxygen atoms in total. The molecule has 0 amide bonds. The topological polar surface area (TPSA) is 37.0 Å². The van der Waals surface area contributed by atoms with Gasteiger partial charge in [-0.3, -0.25) is 4.98 Å². The Kier molecular flexibility index (Phi) is 5.63. The van der Waals surface area contributed by atoms with Gasteiger partial charge < -0.3 is 10.6 Å². The first-order chi connectivity index (χ1) is 6.86. The van der Waals surface area contributed by atoms with E-state index >= 15 is 0 Å². The van der Waals surface area contributed by atoms with E-state index in [-0.39, 0.29) is 0 Å². The van der Waals surface area contributed by atoms with Crippen molar-refractivity contribution < 1.29 is 0 Å². The lowest BCUT2D eigenvalue weighted by atomic mass is 10.3. The zero-order chi connectivity index (χ0) is 10.2. The minimum Gasteiger partial charge on any atom is -0.383 e. The molecule has 0 aromatic carbocycles. The number of hydrogen-bond donors (Lipinski definition) is 4. The predicted molar refractivity (Wildman–Crippen MR) is 68.9 cm³/mol. The number of thiol groups is 2. The van der Waals surface area contributed by atoms with Crippen LogP contribution in [0.4, 0.5) is 11.4 Å². The number of anilines is 2. The highest BCUT2D eigenvalue weighted by Gasteiger charge is 1.94. The Morgan fingerprint density at radius 3 is 1.93 bits per heavy atom. The second-order valence-corrected chi connectivity index (χ2v) is 3.66. The molecular formula is C9H15N3S2. The maximum atomic E-state index is 4.12. The van der Waals surface area contributed by atoms with Gasteiger partial charge in [0.05, 0.1) is 23.8 Å². The lowest BCUT2D eigenvalue weighted by Gasteiger charge is -2.07. The van der Waals surface area contributed by atoms with Crippen molar-refractivity contribution >= 4 is 36.6 Å². The molecule has 0 bridgehead atoms. The second kappa shape index (κ2) is 6.84. The summed E-state index contributed by atoms with van der Waals surface area (Å²) in [5.41, 5.74) is 2.03. The summed E-state index contributed by atoms with van der Waals surface area (Å²) in [6.07, 6.45) is 3.60. The van der Waals surface area contributed by atoms with E-state index < -0.39 is 0 Å². The van der Waals surface area contributed by atoms with Crippen LogP contribution in [0.2, 0.25) is 0 Å². The second-order valence-electron chi connectivity index (χ2n) is 2.76. The van der Waals surface area contributed by atoms with Gasteiger partial charge in [-0.25, -0.2) is 0 Å². The number of nitrogens with one attached hydrogen (secondary N) is 2. The van der Waals surface area contributed by atoms with Crippen molar-refractivity contribution in [3.63, 3.8) is 0 Å². The van der Waals surface area contributed by atoms with Crippen LogP contribution in [0, 0.1) is 0 Å². The average molecular weight is 229 g/mol. The number of aromatic nitrogens is 1. The van der Waals surface area contributed by atoms with Crippen LogP contribution in [-0.2, 0) is 0 Å². The monoisotopic (exact) mass is 229 g/mol. The normalized spacial score (nSPS) is 9.86. The molecule has 14 heavy (non-hydrogen) atoms. The fourth-order valence-corrected chi connectivity index (χ4v) is 1.26. The average Bonchev–Trinajstić information content (AvgIpc) is 2.24. The predicted octanol–water partition coefficient (Wildman–Crippen LogP) is 1.76. The van der Waals surface area contributed by atoms with E-state index in [1.807, 2.05) is 6.07 Å². The summed E-state index contributed by atoms with van der Waals surface area (Å²) in [5.74, 6) is 1.63. The molecule has 0 aliphatic rings. The number of rotatable bonds is 6. The summed E-state index contributed by atoms with van der Waals surface area (Å²) < 4.78 is 0. The first kappa shape index (κ1) is 11.5. The van der Waals surface area contributed by atoms with Crippen molar-refractivity contribution in [1.82, 2.24) is 4.98 Å². The third-order valence-electron chi connectivity index (χ3n) is 1.62. The maximum absolute atomic E-state index is 4.12. The van der Waals surface area contributed by atoms with Crippen LogP contribution in [-0.4, -0.2) is 29.6 Å². The Balaban J connectivity index is 2.50. The molecule has 0 aliphatic heterocycles. The molecular weight excluding hydrogens is 214 g/mol. The van der Waals surface area contributed by atoms with Gasteiger partial charge in [0.25, 0.3) is 0 Å². The Morgan fingerprint density at radius 1 is 1.00 bits per heavy atom. The summed E-state index contributed by atoms with van der Waals surface area (Å²) in [6.45, 7) is 1.70. The molecule has 1 aromatic rings. The van der Waals surface area contributed by atoms with E-state index in [1.54, 1.807) is 12.4 Å². The lowest BCUT2D eigenvalue weighted by molar-refractivity contribution is 1.18. The zero-order valence-corrected chi connectivity index (χ0v) is 9.69. The van der Waals surface area contributed by atoms with Gasteiger partial charge in [-0.15, -0.1) is 0 Å². The molecule has 0 fully saturated rings. The van der Waals surface area contributed by atoms with Crippen LogP contribution in [0.3, 0.4) is 0 Å². The van der Waals surface area contributed by atoms with Crippen molar-refractivity contribution in [3.05, 3.63) is 18.5 Å². The molecule has 0 saturated heterocycles. The van der Waals surface area contributed by atoms with E-state index in [4.69, 9.17) is 0 Å². The fourth-order valence-electron chi connectivity index (χ4n) is 1.03. The van der Waals surface area contributed by atoms with Gasteiger partial charge in [0, 0.05) is 24.6 Å². The molecule has 5 heteroatoms. The smallest absolute Gasteiger partial charge is 0.0547 e. The van der Waals surface area contributed by atoms with Crippen molar-refractivity contribution in [2.24, 2.45) is 0 Å². The summed E-state index contributed by atoms with van der Waals surface area (Å²) >= 11 is 8.25. The van der Waals surface area contributed by atoms with Gasteiger partial charge >= 0.3 is 0 Å². The standard InChI is InChI=1S/C9H15N3S2/c13-3-1-11-8-5-9(7-10-6-8)12-2-4-14/h5-7,11-14H,1-4H2. The highest BCUT2D eigenvalue weighted by Crippen LogP contribution is 2.12. The van der Waals surface area contributed by atoms with Crippen LogP contribution < -0.4 is 10.6 Å². The molecule has 0 spiro atoms. The van der Waals surface area contributed by atoms with E-state index in [0.29, 0.717) is 0 Å². The van der Waals surface area contributed by atoms with Crippen molar-refractivity contribution in [1.29, 1.82) is 0 Å². The van der Waals surface area contributed by atoms with E-state index in [9.17, 15) is 0 Å². The Bertz CT molecular complexity index is 245. The van der Waals surface area contributed by atoms with Crippen LogP contribution in [0.15, 0.2) is 18.5 Å². The van der Waals surface area contributed by atoms with Gasteiger partial charge in [0.1, 0.15) is 0 Å². The molecule has 0 aliphatic carbocycles. The van der Waals surface area contributed by atoms with E-state index in [0.717, 1.165) is 36.0 Å². The van der Waals surface area contributed by atoms with Gasteiger partial charge in [0.2, 0.25) is 0 Å². The number of nitrogens with zero attached hydrogens (tertiary/aromatic N) is 1. The van der Waals surface area contributed by atoms with Crippen LogP contribution in [0.25, 0.3) is 0 Å². The summed E-state index contributed by atoms with van der Waals surface area (Å²) in [7, 11) is 0. The number of pyridine rings is 1. The molecule has 1 heterocycles. The van der Waals surface area contributed by atoms with E-state index in [2.05, 4.69) is 40.9 Å². The first-order valence-electron chi connectivity index (χ1n) is 4.51. The van der Waals surface area contributed by atoms with Crippen molar-refractivity contribution in [2.75, 3.05) is 35.2 Å². The SMILES string of the molecule is SCCNc1cncc(NCCS)c1. The largest absolute Gasteiger partial charge is 0.383 e. The molecule has 0 saturated carbocycles. The van der Waals surface area contributed by atoms with Gasteiger partial charge in [-0.1, -0.05) is 0 Å². The summed E-state index contributed by atoms with van der Waals surface area (Å²) in [6, 6.07) is 2.03. The highest BCUT2D eigenvalue weighted by molar-refractivity contribution is 7.80. The van der Waals surface area contributed by atoms with Crippen molar-refractivity contribution in [3.8, 4) is 0 Å². The summed E-state index contributed by atoms with van der Waals surface area (Å²) in [5, 5.41) is 6.43. The zero-order valence-electron chi connectivity index (χ0n) is 7.90. The maximum Gasteiger partial charge on any atom is 0.0547 e. The fraction of sp³-hybridized carbons (Fsp3) is 0.444. The molecule has 0 unspecified atom stereocenters. The minimum absolute atomic E-state index is 0.814. The van der Waals surface area contributed by atoms with Gasteiger partial charge in [-0.2, -0.15) is 25.3 Å². The number of hydrogen-bond acceptors (Lipinski definition) is 5. The van der Waals surface area contributed by atoms with Gasteiger partial charge in [0.15, 0.2) is 0 Å². The third-order valence-corrected chi connectivity index (χ3v) is 2.07. The van der Waals surface area contributed by atoms with Crippen LogP contribution in [0.1, 0.15) is 0 Å². The molecule has 0 atom stereocenters. The highest BCUT2D eigenvalue weighted by atomic mass is 32.1. The molecule has 2 N–H and O–H groups in total. The first-order valence-corrected chi connectivity index (χ1v) is 5.78.